The standard InChI is InChI=1S/C14H14IN5O3/c1-7-11(13(21)23-3)12(20-14(16-7)17-18-19-20)9-6-8(15)4-5-10(9)22-2/h4-6,12H,1-3H3,(H,16,17,19)/t12-/m1/s1. The highest BCUT2D eigenvalue weighted by Crippen LogP contribution is 2.39. The fourth-order valence-electron chi connectivity index (χ4n) is 2.59. The summed E-state index contributed by atoms with van der Waals surface area (Å²) in [5, 5.41) is 14.7. The molecule has 0 saturated carbocycles. The van der Waals surface area contributed by atoms with Crippen LogP contribution in [0.2, 0.25) is 0 Å². The molecule has 0 radical (unpaired) electrons. The maximum Gasteiger partial charge on any atom is 0.338 e. The van der Waals surface area contributed by atoms with E-state index in [9.17, 15) is 4.79 Å². The van der Waals surface area contributed by atoms with Gasteiger partial charge >= 0.3 is 5.97 Å². The third kappa shape index (κ3) is 2.64. The van der Waals surface area contributed by atoms with Crippen molar-refractivity contribution in [3.8, 4) is 5.75 Å². The van der Waals surface area contributed by atoms with E-state index in [2.05, 4.69) is 43.4 Å². The zero-order valence-corrected chi connectivity index (χ0v) is 14.9. The zero-order valence-electron chi connectivity index (χ0n) is 12.7. The molecule has 1 N–H and O–H groups in total. The van der Waals surface area contributed by atoms with E-state index in [1.807, 2.05) is 18.2 Å². The molecule has 1 atom stereocenters. The van der Waals surface area contributed by atoms with Gasteiger partial charge in [-0.1, -0.05) is 5.10 Å². The van der Waals surface area contributed by atoms with Crippen LogP contribution in [0.25, 0.3) is 0 Å². The minimum Gasteiger partial charge on any atom is -0.496 e. The highest BCUT2D eigenvalue weighted by atomic mass is 127. The molecule has 9 heteroatoms. The number of ether oxygens (including phenoxy) is 2. The summed E-state index contributed by atoms with van der Waals surface area (Å²) < 4.78 is 13.0. The van der Waals surface area contributed by atoms with Crippen molar-refractivity contribution in [2.24, 2.45) is 0 Å². The van der Waals surface area contributed by atoms with Gasteiger partial charge in [-0.25, -0.2) is 4.79 Å². The molecule has 23 heavy (non-hydrogen) atoms. The van der Waals surface area contributed by atoms with E-state index in [1.165, 1.54) is 7.11 Å². The van der Waals surface area contributed by atoms with Crippen molar-refractivity contribution in [2.45, 2.75) is 13.0 Å². The van der Waals surface area contributed by atoms with Gasteiger partial charge in [0, 0.05) is 14.8 Å². The number of fused-ring (bicyclic) bond motifs is 1. The fourth-order valence-corrected chi connectivity index (χ4v) is 3.11. The number of nitrogens with zero attached hydrogens (tertiary/aromatic N) is 4. The Morgan fingerprint density at radius 3 is 2.87 bits per heavy atom. The first-order valence-electron chi connectivity index (χ1n) is 6.74. The molecule has 1 aliphatic heterocycles. The van der Waals surface area contributed by atoms with Crippen LogP contribution in [0, 0.1) is 3.57 Å². The second-order valence-corrected chi connectivity index (χ2v) is 6.14. The van der Waals surface area contributed by atoms with Crippen molar-refractivity contribution in [1.82, 2.24) is 20.2 Å². The Morgan fingerprint density at radius 1 is 1.39 bits per heavy atom. The van der Waals surface area contributed by atoms with Gasteiger partial charge in [0.05, 0.1) is 19.8 Å². The summed E-state index contributed by atoms with van der Waals surface area (Å²) in [4.78, 5) is 12.3. The first kappa shape index (κ1) is 15.7. The second-order valence-electron chi connectivity index (χ2n) is 4.89. The van der Waals surface area contributed by atoms with E-state index in [-0.39, 0.29) is 0 Å². The molecule has 0 fully saturated rings. The number of allylic oxidation sites excluding steroid dienone is 1. The smallest absolute Gasteiger partial charge is 0.338 e. The van der Waals surface area contributed by atoms with Crippen LogP contribution in [0.15, 0.2) is 29.5 Å². The number of hydrogen-bond donors (Lipinski definition) is 1. The van der Waals surface area contributed by atoms with Crippen LogP contribution in [-0.4, -0.2) is 40.4 Å². The van der Waals surface area contributed by atoms with E-state index in [0.29, 0.717) is 23.0 Å². The summed E-state index contributed by atoms with van der Waals surface area (Å²) in [5.74, 6) is 0.663. The monoisotopic (exact) mass is 427 g/mol. The third-order valence-corrected chi connectivity index (χ3v) is 4.28. The van der Waals surface area contributed by atoms with Gasteiger partial charge in [-0.05, 0) is 58.1 Å². The lowest BCUT2D eigenvalue weighted by atomic mass is 9.95. The first-order valence-corrected chi connectivity index (χ1v) is 7.82. The Bertz CT molecular complexity index is 801. The second kappa shape index (κ2) is 6.14. The lowest BCUT2D eigenvalue weighted by Crippen LogP contribution is -2.29. The molecule has 0 amide bonds. The van der Waals surface area contributed by atoms with Gasteiger partial charge in [-0.15, -0.1) is 0 Å². The summed E-state index contributed by atoms with van der Waals surface area (Å²) in [6, 6.07) is 5.20. The number of aromatic nitrogens is 4. The zero-order chi connectivity index (χ0) is 16.6. The molecule has 2 aromatic rings. The molecular formula is C14H14IN5O3. The molecule has 3 rings (SSSR count). The number of halogens is 1. The topological polar surface area (TPSA) is 91.2 Å². The number of nitrogens with one attached hydrogen (secondary N) is 1. The van der Waals surface area contributed by atoms with Crippen molar-refractivity contribution < 1.29 is 14.3 Å². The van der Waals surface area contributed by atoms with Gasteiger partial charge in [0.25, 0.3) is 0 Å². The lowest BCUT2D eigenvalue weighted by molar-refractivity contribution is -0.136. The molecule has 0 aliphatic carbocycles. The summed E-state index contributed by atoms with van der Waals surface area (Å²) in [5.41, 5.74) is 1.87. The maximum absolute atomic E-state index is 12.3. The Balaban J connectivity index is 2.26. The summed E-state index contributed by atoms with van der Waals surface area (Å²) in [6.07, 6.45) is 0. The number of hydrogen-bond acceptors (Lipinski definition) is 7. The quantitative estimate of drug-likeness (QED) is 0.590. The molecule has 1 aliphatic rings. The molecule has 0 bridgehead atoms. The number of benzene rings is 1. The average Bonchev–Trinajstić information content (AvgIpc) is 3.00. The number of esters is 1. The molecule has 2 heterocycles. The van der Waals surface area contributed by atoms with Crippen molar-refractivity contribution in [3.63, 3.8) is 0 Å². The Labute approximate surface area is 146 Å². The normalized spacial score (nSPS) is 16.6. The van der Waals surface area contributed by atoms with Crippen LogP contribution < -0.4 is 10.1 Å². The number of carbonyl (C=O) groups is 1. The average molecular weight is 427 g/mol. The van der Waals surface area contributed by atoms with Crippen molar-refractivity contribution in [3.05, 3.63) is 38.6 Å². The number of rotatable bonds is 3. The number of tetrazole rings is 1. The van der Waals surface area contributed by atoms with E-state index >= 15 is 0 Å². The van der Waals surface area contributed by atoms with Gasteiger partial charge in [0.2, 0.25) is 5.95 Å². The highest BCUT2D eigenvalue weighted by Gasteiger charge is 2.36. The number of anilines is 1. The number of methoxy groups -OCH3 is 2. The van der Waals surface area contributed by atoms with E-state index in [4.69, 9.17) is 9.47 Å². The van der Waals surface area contributed by atoms with Crippen LogP contribution in [-0.2, 0) is 9.53 Å². The molecule has 8 nitrogen and oxygen atoms in total. The maximum atomic E-state index is 12.3. The highest BCUT2D eigenvalue weighted by molar-refractivity contribution is 14.1. The molecule has 1 aromatic carbocycles. The van der Waals surface area contributed by atoms with Gasteiger partial charge in [0.1, 0.15) is 11.8 Å². The number of carbonyl (C=O) groups excluding carboxylic acids is 1. The Hall–Kier alpha value is -2.17. The van der Waals surface area contributed by atoms with Crippen LogP contribution in [0.4, 0.5) is 5.95 Å². The van der Waals surface area contributed by atoms with Gasteiger partial charge in [-0.3, -0.25) is 0 Å². The fraction of sp³-hybridized carbons (Fsp3) is 0.286. The first-order chi connectivity index (χ1) is 11.1. The molecule has 0 spiro atoms. The largest absolute Gasteiger partial charge is 0.496 e. The summed E-state index contributed by atoms with van der Waals surface area (Å²) in [7, 11) is 2.93. The molecule has 0 unspecified atom stereocenters. The van der Waals surface area contributed by atoms with Crippen molar-refractivity contribution >= 4 is 34.5 Å². The van der Waals surface area contributed by atoms with Crippen LogP contribution in [0.5, 0.6) is 5.75 Å². The molecule has 1 aromatic heterocycles. The van der Waals surface area contributed by atoms with Crippen molar-refractivity contribution in [1.29, 1.82) is 0 Å². The SMILES string of the molecule is COC(=O)C1=C(C)Nc2nnnn2[C@@H]1c1cc(I)ccc1OC. The summed E-state index contributed by atoms with van der Waals surface area (Å²) in [6.45, 7) is 1.79. The Kier molecular flexibility index (Phi) is 4.20. The molecule has 120 valence electrons. The third-order valence-electron chi connectivity index (χ3n) is 3.61. The van der Waals surface area contributed by atoms with E-state index in [0.717, 1.165) is 9.13 Å². The van der Waals surface area contributed by atoms with Gasteiger partial charge in [-0.2, -0.15) is 4.68 Å². The van der Waals surface area contributed by atoms with E-state index in [1.54, 1.807) is 18.7 Å². The Morgan fingerprint density at radius 2 is 2.17 bits per heavy atom. The van der Waals surface area contributed by atoms with Crippen molar-refractivity contribution in [2.75, 3.05) is 19.5 Å². The predicted octanol–water partition coefficient (Wildman–Crippen LogP) is 1.75. The van der Waals surface area contributed by atoms with E-state index < -0.39 is 12.0 Å². The molecular weight excluding hydrogens is 413 g/mol. The predicted molar refractivity (Wildman–Crippen MR) is 90.0 cm³/mol. The molecule has 0 saturated heterocycles. The van der Waals surface area contributed by atoms with Crippen LogP contribution >= 0.6 is 22.6 Å². The minimum absolute atomic E-state index is 0.438. The van der Waals surface area contributed by atoms with Gasteiger partial charge in [0.15, 0.2) is 0 Å². The minimum atomic E-state index is -0.529. The lowest BCUT2D eigenvalue weighted by Gasteiger charge is -2.28. The summed E-state index contributed by atoms with van der Waals surface area (Å²) >= 11 is 2.21. The van der Waals surface area contributed by atoms with Crippen LogP contribution in [0.3, 0.4) is 0 Å². The van der Waals surface area contributed by atoms with Gasteiger partial charge < -0.3 is 14.8 Å². The van der Waals surface area contributed by atoms with Crippen LogP contribution in [0.1, 0.15) is 18.5 Å².